The van der Waals surface area contributed by atoms with E-state index in [1.54, 1.807) is 51.2 Å². The Kier molecular flexibility index (Phi) is 7.44. The summed E-state index contributed by atoms with van der Waals surface area (Å²) in [6.07, 6.45) is 5.21. The average molecular weight is 1080 g/mol. The molecule has 0 saturated carbocycles. The molecule has 0 aliphatic heterocycles. The van der Waals surface area contributed by atoms with E-state index in [1.165, 1.54) is 39.5 Å². The predicted octanol–water partition coefficient (Wildman–Crippen LogP) is 15.3. The van der Waals surface area contributed by atoms with Gasteiger partial charge in [-0.2, -0.15) is 0 Å². The monoisotopic (exact) mass is 1080 g/mol. The number of nitrogens with zero attached hydrogens (tertiary/aromatic N) is 4. The lowest BCUT2D eigenvalue weighted by molar-refractivity contribution is -0.572. The molecule has 0 unspecified atom stereocenters. The van der Waals surface area contributed by atoms with Crippen LogP contribution in [-0.4, -0.2) is 22.2 Å². The van der Waals surface area contributed by atoms with Crippen molar-refractivity contribution in [2.24, 2.45) is 0 Å². The Labute approximate surface area is 505 Å². The Morgan fingerprint density at radius 2 is 1.07 bits per heavy atom. The first-order chi connectivity index (χ1) is 49.3. The maximum Gasteiger partial charge on any atom is 0.269 e. The van der Waals surface area contributed by atoms with E-state index in [-0.39, 0.29) is 55.8 Å². The molecule has 13 rings (SSSR count). The molecular formula is C74H62N4OSi. The van der Waals surface area contributed by atoms with Crippen molar-refractivity contribution in [1.82, 2.24) is 14.1 Å². The molecule has 13 aromatic rings. The van der Waals surface area contributed by atoms with Crippen LogP contribution in [0.5, 0.6) is 11.5 Å². The Bertz CT molecular complexity index is 5650. The van der Waals surface area contributed by atoms with Gasteiger partial charge in [0.1, 0.15) is 17.3 Å². The summed E-state index contributed by atoms with van der Waals surface area (Å²) < 4.78 is 246. The van der Waals surface area contributed by atoms with Crippen LogP contribution >= 0.6 is 0 Å². The number of hydrogen-bond donors (Lipinski definition) is 0. The molecule has 0 atom stereocenters. The third kappa shape index (κ3) is 8.92. The number of ether oxygens (including phenoxy) is 1. The third-order valence-corrected chi connectivity index (χ3v) is 18.4. The number of aromatic nitrogens is 4. The zero-order valence-electron chi connectivity index (χ0n) is 69.2. The molecule has 10 aromatic carbocycles. The zero-order valence-corrected chi connectivity index (χ0v) is 45.2. The van der Waals surface area contributed by atoms with E-state index in [4.69, 9.17) is 22.1 Å². The quantitative estimate of drug-likeness (QED) is 0.0560. The van der Waals surface area contributed by atoms with E-state index in [0.29, 0.717) is 11.6 Å². The highest BCUT2D eigenvalue weighted by Gasteiger charge is 2.45. The minimum absolute atomic E-state index is 0.0472. The van der Waals surface area contributed by atoms with E-state index in [9.17, 15) is 21.9 Å². The molecule has 3 heterocycles. The number of para-hydroxylation sites is 1. The molecule has 0 aliphatic carbocycles. The fourth-order valence-electron chi connectivity index (χ4n) is 10.5. The molecule has 3 aromatic heterocycles. The van der Waals surface area contributed by atoms with Crippen molar-refractivity contribution in [3.63, 3.8) is 0 Å². The van der Waals surface area contributed by atoms with Gasteiger partial charge in [-0.05, 0) is 120 Å². The first-order valence-electron chi connectivity index (χ1n) is 38.1. The van der Waals surface area contributed by atoms with Gasteiger partial charge in [0.25, 0.3) is 6.33 Å². The van der Waals surface area contributed by atoms with Crippen LogP contribution in [0.15, 0.2) is 266 Å². The first kappa shape index (κ1) is 29.6. The van der Waals surface area contributed by atoms with Gasteiger partial charge in [-0.3, -0.25) is 13.7 Å². The second kappa shape index (κ2) is 20.1. The van der Waals surface area contributed by atoms with Gasteiger partial charge in [0.15, 0.2) is 8.07 Å². The predicted molar refractivity (Wildman–Crippen MR) is 334 cm³/mol. The number of pyridine rings is 1. The smallest absolute Gasteiger partial charge is 0.269 e. The number of benzene rings is 10. The van der Waals surface area contributed by atoms with Gasteiger partial charge in [-0.15, -0.1) is 0 Å². The first-order valence-corrected chi connectivity index (χ1v) is 27.6. The fraction of sp³-hybridized carbons (Fsp3) is 0.108. The van der Waals surface area contributed by atoms with E-state index in [0.717, 1.165) is 27.4 Å². The van der Waals surface area contributed by atoms with Crippen molar-refractivity contribution in [3.05, 3.63) is 284 Å². The van der Waals surface area contributed by atoms with E-state index >= 15 is 0 Å². The standard InChI is InChI=1S/C74H62N4OSi/c1-73(2,3)56-43-44-75-71(48-56)78-66-38-23-22-37-63(66)64-41-40-59(50-68(64)78)79-58-30-24-29-57(49-58)76-51-77(67-42-39-54(46-69(67)76)52-25-12-7-13-26-52)72-65(74(4,5)6)45-55(53-27-14-8-15-28-53)47-70(72)80(60-31-16-9-17-32-60,61-33-18-10-19-34-61)62-35-20-11-21-36-62/h7-50H,1-6H3/i7D,8D,9D,10D,11D,12D,13D,14D,15D,16D,17D,18D,19D,20D,21D,25D,26D,27D,28D,31D,32D,33D,34D,35D,36D. The van der Waals surface area contributed by atoms with E-state index in [1.807, 2.05) is 54.6 Å². The lowest BCUT2D eigenvalue weighted by Gasteiger charge is -2.38. The highest BCUT2D eigenvalue weighted by atomic mass is 28.3. The van der Waals surface area contributed by atoms with Crippen LogP contribution in [0.25, 0.3) is 72.3 Å². The van der Waals surface area contributed by atoms with Gasteiger partial charge in [0.05, 0.1) is 67.7 Å². The highest BCUT2D eigenvalue weighted by molar-refractivity contribution is 7.20. The molecule has 0 spiro atoms. The Hall–Kier alpha value is -9.36. The Morgan fingerprint density at radius 1 is 0.487 bits per heavy atom. The molecule has 80 heavy (non-hydrogen) atoms. The van der Waals surface area contributed by atoms with Crippen molar-refractivity contribution in [2.45, 2.75) is 52.4 Å². The second-order valence-electron chi connectivity index (χ2n) is 21.2. The number of hydrogen-bond acceptors (Lipinski definition) is 2. The van der Waals surface area contributed by atoms with Crippen molar-refractivity contribution in [2.75, 3.05) is 0 Å². The van der Waals surface area contributed by atoms with Crippen molar-refractivity contribution >= 4 is 61.7 Å². The lowest BCUT2D eigenvalue weighted by Crippen LogP contribution is -2.76. The molecule has 5 nitrogen and oxygen atoms in total. The van der Waals surface area contributed by atoms with E-state index in [2.05, 4.69) is 31.7 Å². The molecule has 0 fully saturated rings. The van der Waals surface area contributed by atoms with Gasteiger partial charge < -0.3 is 4.74 Å². The normalized spacial score (nSPS) is 16.5. The molecule has 0 bridgehead atoms. The van der Waals surface area contributed by atoms with Crippen LogP contribution in [0.3, 0.4) is 0 Å². The summed E-state index contributed by atoms with van der Waals surface area (Å²) in [7, 11) is -6.31. The summed E-state index contributed by atoms with van der Waals surface area (Å²) in [5.74, 6) is 1.28. The minimum atomic E-state index is -6.31. The lowest BCUT2D eigenvalue weighted by atomic mass is 9.83. The molecule has 0 aliphatic rings. The summed E-state index contributed by atoms with van der Waals surface area (Å²) >= 11 is 0. The summed E-state index contributed by atoms with van der Waals surface area (Å²) in [6, 6.07) is 8.11. The largest absolute Gasteiger partial charge is 0.458 e. The average Bonchev–Trinajstić information content (AvgIpc) is 1.10. The topological polar surface area (TPSA) is 35.9 Å². The molecule has 0 amide bonds. The van der Waals surface area contributed by atoms with Gasteiger partial charge in [0, 0.05) is 23.0 Å². The molecular weight excluding hydrogens is 989 g/mol. The van der Waals surface area contributed by atoms with Gasteiger partial charge in [-0.25, -0.2) is 4.98 Å². The Morgan fingerprint density at radius 3 is 1.70 bits per heavy atom. The maximum atomic E-state index is 10.1. The van der Waals surface area contributed by atoms with Crippen LogP contribution in [0.2, 0.25) is 0 Å². The van der Waals surface area contributed by atoms with Crippen molar-refractivity contribution in [3.8, 4) is 50.9 Å². The van der Waals surface area contributed by atoms with Crippen LogP contribution < -0.4 is 30.1 Å². The summed E-state index contributed by atoms with van der Waals surface area (Å²) in [5, 5.41) is -1.32. The minimum Gasteiger partial charge on any atom is -0.458 e. The summed E-state index contributed by atoms with van der Waals surface area (Å²) in [4.78, 5) is 4.84. The SMILES string of the molecule is [2H]c1c([2H])c([2H])c(-c2cc(C(C)(C)C)c(-[n+]3[c-]n(-c4cccc(Oc5ccc6c7ccccc7n(-c7cc(C(C)(C)C)ccn7)c6c5)c4)c4cc(-c5c([2H])c([2H])c([2H])c([2H])c5[2H])ccc43)c([Si](c3c([2H])c([2H])c([2H])c([2H])c3[2H])(c3c([2H])c([2H])c([2H])c([2H])c3[2H])c3c([2H])c([2H])c([2H])c([2H])c3[2H])c2)c([2H])c1[2H]. The highest BCUT2D eigenvalue weighted by Crippen LogP contribution is 2.38. The van der Waals surface area contributed by atoms with Crippen molar-refractivity contribution in [1.29, 1.82) is 0 Å². The third-order valence-electron chi connectivity index (χ3n) is 14.2. The van der Waals surface area contributed by atoms with Crippen LogP contribution in [0.1, 0.15) is 86.9 Å². The number of fused-ring (bicyclic) bond motifs is 4. The van der Waals surface area contributed by atoms with Crippen LogP contribution in [0.4, 0.5) is 0 Å². The molecule has 0 saturated heterocycles. The molecule has 0 N–H and O–H groups in total. The summed E-state index contributed by atoms with van der Waals surface area (Å²) in [5.41, 5.74) is 0.360. The van der Waals surface area contributed by atoms with Crippen LogP contribution in [0, 0.1) is 6.33 Å². The zero-order chi connectivity index (χ0) is 76.3. The molecule has 388 valence electrons. The van der Waals surface area contributed by atoms with Crippen molar-refractivity contribution < 1.29 is 43.6 Å². The number of imidazole rings is 1. The van der Waals surface area contributed by atoms with Gasteiger partial charge in [-0.1, -0.05) is 241 Å². The molecule has 6 heteroatoms. The van der Waals surface area contributed by atoms with Crippen LogP contribution in [-0.2, 0) is 10.8 Å². The van der Waals surface area contributed by atoms with Gasteiger partial charge in [0.2, 0.25) is 0 Å². The van der Waals surface area contributed by atoms with Gasteiger partial charge >= 0.3 is 0 Å². The second-order valence-corrected chi connectivity index (χ2v) is 24.7. The Balaban J connectivity index is 1.22. The number of rotatable bonds is 11. The molecule has 0 radical (unpaired) electrons. The van der Waals surface area contributed by atoms with E-state index < -0.39 is 191 Å². The fourth-order valence-corrected chi connectivity index (χ4v) is 14.5. The maximum absolute atomic E-state index is 10.1. The summed E-state index contributed by atoms with van der Waals surface area (Å²) in [6.45, 7) is 11.4.